The monoisotopic (exact) mass is 784 g/mol. The van der Waals surface area contributed by atoms with Crippen molar-refractivity contribution in [2.45, 2.75) is 65.2 Å². The molecule has 2 nitrogen and oxygen atoms in total. The van der Waals surface area contributed by atoms with Crippen LogP contribution in [0.4, 0.5) is 0 Å². The molecule has 4 aliphatic rings. The van der Waals surface area contributed by atoms with Crippen LogP contribution in [0.15, 0.2) is 95.6 Å². The molecule has 2 aromatic rings. The number of unbranched alkanes of at least 4 members (excludes halogenated alkanes) is 6. The Bertz CT molecular complexity index is 1570. The quantitative estimate of drug-likeness (QED) is 0.153. The van der Waals surface area contributed by atoms with Crippen LogP contribution in [0.3, 0.4) is 0 Å². The normalized spacial score (nSPS) is 17.7. The standard InChI is InChI=1S/C38H40O2S8/c1-3-5-7-9-19-39-31-17-13-28(12-16-30-26-46-38(48-30)36-43-23-24-44-36)34-32(40-20-10-8-6-4-2)18-14-27(33(31)34)11-15-29-25-45-37(47-29)35-41-21-22-42-35/h11-18,21-26H,3-10,19-20H2,1-2H3/b15-11-,16-12+. The van der Waals surface area contributed by atoms with E-state index in [4.69, 9.17) is 9.47 Å². The van der Waals surface area contributed by atoms with Crippen LogP contribution < -0.4 is 9.47 Å². The van der Waals surface area contributed by atoms with Gasteiger partial charge in [-0.15, -0.1) is 0 Å². The summed E-state index contributed by atoms with van der Waals surface area (Å²) in [5.41, 5.74) is 2.31. The number of rotatable bonds is 16. The zero-order valence-corrected chi connectivity index (χ0v) is 33.8. The molecular formula is C38H40O2S8. The third kappa shape index (κ3) is 10.1. The Kier molecular flexibility index (Phi) is 15.0. The van der Waals surface area contributed by atoms with Crippen LogP contribution in [0.2, 0.25) is 0 Å². The summed E-state index contributed by atoms with van der Waals surface area (Å²) in [5, 5.41) is 15.5. The van der Waals surface area contributed by atoms with Gasteiger partial charge in [-0.25, -0.2) is 0 Å². The number of benzene rings is 2. The molecule has 2 aromatic carbocycles. The van der Waals surface area contributed by atoms with Crippen molar-refractivity contribution in [2.24, 2.45) is 0 Å². The van der Waals surface area contributed by atoms with Crippen molar-refractivity contribution in [3.05, 3.63) is 107 Å². The Morgan fingerprint density at radius 1 is 0.479 bits per heavy atom. The van der Waals surface area contributed by atoms with E-state index in [1.165, 1.54) is 65.3 Å². The lowest BCUT2D eigenvalue weighted by atomic mass is 9.97. The highest BCUT2D eigenvalue weighted by Crippen LogP contribution is 2.55. The zero-order chi connectivity index (χ0) is 33.0. The number of ether oxygens (including phenoxy) is 2. The first-order chi connectivity index (χ1) is 23.7. The first kappa shape index (κ1) is 36.8. The van der Waals surface area contributed by atoms with Crippen molar-refractivity contribution in [3.8, 4) is 11.5 Å². The minimum Gasteiger partial charge on any atom is -0.493 e. The predicted octanol–water partition coefficient (Wildman–Crippen LogP) is 15.6. The summed E-state index contributed by atoms with van der Waals surface area (Å²) in [6, 6.07) is 8.77. The van der Waals surface area contributed by atoms with E-state index in [2.05, 4.69) is 94.9 Å². The van der Waals surface area contributed by atoms with E-state index in [0.717, 1.165) is 59.5 Å². The van der Waals surface area contributed by atoms with Crippen molar-refractivity contribution in [1.82, 2.24) is 0 Å². The molecule has 0 radical (unpaired) electrons. The van der Waals surface area contributed by atoms with E-state index in [9.17, 15) is 0 Å². The largest absolute Gasteiger partial charge is 0.493 e. The van der Waals surface area contributed by atoms with Crippen LogP contribution in [0.1, 0.15) is 76.3 Å². The van der Waals surface area contributed by atoms with Crippen LogP contribution in [0.25, 0.3) is 22.9 Å². The fourth-order valence-electron chi connectivity index (χ4n) is 5.23. The van der Waals surface area contributed by atoms with Crippen LogP contribution in [-0.2, 0) is 0 Å². The fourth-order valence-corrected chi connectivity index (χ4v) is 13.9. The molecule has 4 aliphatic heterocycles. The molecule has 0 saturated heterocycles. The second-order valence-corrected chi connectivity index (χ2v) is 19.8. The zero-order valence-electron chi connectivity index (χ0n) is 27.2. The number of hydrogen-bond acceptors (Lipinski definition) is 10. The fraction of sp³-hybridized carbons (Fsp3) is 0.316. The van der Waals surface area contributed by atoms with Crippen LogP contribution in [0.5, 0.6) is 11.5 Å². The summed E-state index contributed by atoms with van der Waals surface area (Å²) in [6.45, 7) is 5.94. The average molecular weight is 785 g/mol. The SMILES string of the molecule is CCCCCCOc1ccc(/C=C/C2=CSC(=C3SC=CS3)S2)c2c(OCCCCCC)ccc(/C=C\C3=CSC(=C4SC=CS4)S3)c12. The first-order valence-corrected chi connectivity index (χ1v) is 23.4. The molecule has 0 N–H and O–H groups in total. The van der Waals surface area contributed by atoms with E-state index in [0.29, 0.717) is 0 Å². The maximum absolute atomic E-state index is 6.59. The summed E-state index contributed by atoms with van der Waals surface area (Å²) >= 11 is 14.7. The van der Waals surface area contributed by atoms with Crippen molar-refractivity contribution < 1.29 is 9.47 Å². The number of fused-ring (bicyclic) bond motifs is 1. The molecule has 0 fully saturated rings. The lowest BCUT2D eigenvalue weighted by molar-refractivity contribution is 0.305. The Morgan fingerprint density at radius 2 is 0.917 bits per heavy atom. The van der Waals surface area contributed by atoms with E-state index in [1.807, 2.05) is 94.1 Å². The molecule has 48 heavy (non-hydrogen) atoms. The summed E-state index contributed by atoms with van der Waals surface area (Å²) in [4.78, 5) is 2.53. The summed E-state index contributed by atoms with van der Waals surface area (Å²) in [5.74, 6) is 1.87. The van der Waals surface area contributed by atoms with Gasteiger partial charge in [-0.05, 0) is 80.7 Å². The second-order valence-electron chi connectivity index (χ2n) is 11.2. The molecule has 252 valence electrons. The Labute approximate surface area is 320 Å². The molecular weight excluding hydrogens is 745 g/mol. The van der Waals surface area contributed by atoms with Gasteiger partial charge in [-0.1, -0.05) is 171 Å². The third-order valence-electron chi connectivity index (χ3n) is 7.64. The molecule has 0 bridgehead atoms. The van der Waals surface area contributed by atoms with Gasteiger partial charge in [0, 0.05) is 20.6 Å². The van der Waals surface area contributed by atoms with Crippen molar-refractivity contribution in [1.29, 1.82) is 0 Å². The molecule has 0 amide bonds. The summed E-state index contributed by atoms with van der Waals surface area (Å²) in [6.07, 6.45) is 18.5. The van der Waals surface area contributed by atoms with Gasteiger partial charge in [-0.2, -0.15) is 0 Å². The maximum Gasteiger partial charge on any atom is 0.127 e. The molecule has 0 saturated carbocycles. The number of hydrogen-bond donors (Lipinski definition) is 0. The molecule has 6 rings (SSSR count). The number of allylic oxidation sites excluding steroid dienone is 2. The topological polar surface area (TPSA) is 18.5 Å². The van der Waals surface area contributed by atoms with E-state index in [-0.39, 0.29) is 0 Å². The lowest BCUT2D eigenvalue weighted by Gasteiger charge is -2.17. The van der Waals surface area contributed by atoms with Gasteiger partial charge in [0.15, 0.2) is 0 Å². The van der Waals surface area contributed by atoms with Gasteiger partial charge in [0.1, 0.15) is 11.5 Å². The Balaban J connectivity index is 1.33. The molecule has 0 unspecified atom stereocenters. The van der Waals surface area contributed by atoms with E-state index >= 15 is 0 Å². The first-order valence-electron chi connectivity index (χ1n) is 16.5. The van der Waals surface area contributed by atoms with Crippen molar-refractivity contribution in [2.75, 3.05) is 13.2 Å². The predicted molar refractivity (Wildman–Crippen MR) is 231 cm³/mol. The van der Waals surface area contributed by atoms with Crippen molar-refractivity contribution >= 4 is 117 Å². The van der Waals surface area contributed by atoms with E-state index < -0.39 is 0 Å². The molecule has 0 aromatic heterocycles. The maximum atomic E-state index is 6.59. The minimum absolute atomic E-state index is 0.719. The average Bonchev–Trinajstić information content (AvgIpc) is 3.95. The minimum atomic E-state index is 0.719. The van der Waals surface area contributed by atoms with Crippen LogP contribution in [-0.4, -0.2) is 13.2 Å². The highest BCUT2D eigenvalue weighted by atomic mass is 32.2. The third-order valence-corrected chi connectivity index (χ3v) is 17.7. The van der Waals surface area contributed by atoms with Gasteiger partial charge in [-0.3, -0.25) is 0 Å². The van der Waals surface area contributed by atoms with Crippen LogP contribution >= 0.6 is 94.1 Å². The second kappa shape index (κ2) is 19.6. The molecule has 0 aliphatic carbocycles. The number of thioether (sulfide) groups is 8. The van der Waals surface area contributed by atoms with Gasteiger partial charge in [0.25, 0.3) is 0 Å². The van der Waals surface area contributed by atoms with Gasteiger partial charge >= 0.3 is 0 Å². The molecule has 0 spiro atoms. The summed E-state index contributed by atoms with van der Waals surface area (Å²) in [7, 11) is 0. The van der Waals surface area contributed by atoms with E-state index in [1.54, 1.807) is 0 Å². The lowest BCUT2D eigenvalue weighted by Crippen LogP contribution is -2.02. The molecule has 10 heteroatoms. The highest BCUT2D eigenvalue weighted by molar-refractivity contribution is 8.34. The summed E-state index contributed by atoms with van der Waals surface area (Å²) < 4.78 is 18.7. The van der Waals surface area contributed by atoms with Gasteiger partial charge in [0.2, 0.25) is 0 Å². The van der Waals surface area contributed by atoms with Gasteiger partial charge in [0.05, 0.1) is 30.2 Å². The van der Waals surface area contributed by atoms with Crippen molar-refractivity contribution in [3.63, 3.8) is 0 Å². The Hall–Kier alpha value is -0.980. The van der Waals surface area contributed by atoms with Crippen LogP contribution in [0, 0.1) is 0 Å². The molecule has 4 heterocycles. The smallest absolute Gasteiger partial charge is 0.127 e. The molecule has 0 atom stereocenters. The Morgan fingerprint density at radius 3 is 1.33 bits per heavy atom. The highest BCUT2D eigenvalue weighted by Gasteiger charge is 2.20. The van der Waals surface area contributed by atoms with Gasteiger partial charge < -0.3 is 9.47 Å².